The number of H-pyrrole nitrogens is 1. The molecule has 5 rings (SSSR count). The summed E-state index contributed by atoms with van der Waals surface area (Å²) in [6.07, 6.45) is 0. The molecule has 31 heavy (non-hydrogen) atoms. The Labute approximate surface area is 180 Å². The van der Waals surface area contributed by atoms with Crippen LogP contribution in [0.4, 0.5) is 0 Å². The number of nitrogens with one attached hydrogen (secondary N) is 1. The first-order chi connectivity index (χ1) is 15.0. The average molecular weight is 416 g/mol. The van der Waals surface area contributed by atoms with Crippen LogP contribution in [0.15, 0.2) is 48.5 Å². The maximum Gasteiger partial charge on any atom is 0.255 e. The molecule has 3 heterocycles. The zero-order valence-electron chi connectivity index (χ0n) is 17.8. The molecule has 0 unspecified atom stereocenters. The molecule has 2 aromatic carbocycles. The first kappa shape index (κ1) is 19.2. The van der Waals surface area contributed by atoms with Crippen molar-refractivity contribution in [2.24, 2.45) is 0 Å². The highest BCUT2D eigenvalue weighted by Crippen LogP contribution is 2.33. The predicted octanol–water partition coefficient (Wildman–Crippen LogP) is 4.01. The van der Waals surface area contributed by atoms with Crippen molar-refractivity contribution in [3.05, 3.63) is 71.3 Å². The lowest BCUT2D eigenvalue weighted by Crippen LogP contribution is -2.27. The number of fused-ring (bicyclic) bond motifs is 2. The van der Waals surface area contributed by atoms with Crippen LogP contribution in [-0.2, 0) is 6.54 Å². The van der Waals surface area contributed by atoms with Crippen LogP contribution in [0.25, 0.3) is 16.7 Å². The van der Waals surface area contributed by atoms with E-state index in [1.54, 1.807) is 11.9 Å². The first-order valence-corrected chi connectivity index (χ1v) is 10.3. The summed E-state index contributed by atoms with van der Waals surface area (Å²) in [5.74, 6) is 2.19. The SMILES string of the molecule is Cc1cc(C(=O)N(C)Cc2nc3ccccc3[nH]2)c(C)n1-c1ccc2c(c1)OCCO2. The highest BCUT2D eigenvalue weighted by molar-refractivity contribution is 5.95. The van der Waals surface area contributed by atoms with E-state index in [1.807, 2.05) is 62.4 Å². The smallest absolute Gasteiger partial charge is 0.255 e. The lowest BCUT2D eigenvalue weighted by Gasteiger charge is -2.20. The molecule has 7 nitrogen and oxygen atoms in total. The van der Waals surface area contributed by atoms with Crippen LogP contribution in [0.5, 0.6) is 11.5 Å². The number of carbonyl (C=O) groups is 1. The van der Waals surface area contributed by atoms with Crippen LogP contribution in [-0.4, -0.2) is 45.6 Å². The Bertz CT molecular complexity index is 1250. The van der Waals surface area contributed by atoms with E-state index in [4.69, 9.17) is 9.47 Å². The van der Waals surface area contributed by atoms with Gasteiger partial charge in [0, 0.05) is 30.2 Å². The van der Waals surface area contributed by atoms with Gasteiger partial charge in [-0.05, 0) is 44.2 Å². The molecule has 0 aliphatic carbocycles. The first-order valence-electron chi connectivity index (χ1n) is 10.3. The number of imidazole rings is 1. The van der Waals surface area contributed by atoms with Crippen LogP contribution in [0.1, 0.15) is 27.6 Å². The fourth-order valence-electron chi connectivity index (χ4n) is 4.13. The topological polar surface area (TPSA) is 72.4 Å². The van der Waals surface area contributed by atoms with Gasteiger partial charge in [-0.3, -0.25) is 4.79 Å². The van der Waals surface area contributed by atoms with Crippen LogP contribution < -0.4 is 9.47 Å². The van der Waals surface area contributed by atoms with Crippen molar-refractivity contribution in [1.29, 1.82) is 0 Å². The van der Waals surface area contributed by atoms with Crippen LogP contribution in [0.3, 0.4) is 0 Å². The summed E-state index contributed by atoms with van der Waals surface area (Å²) in [7, 11) is 1.80. The monoisotopic (exact) mass is 416 g/mol. The Morgan fingerprint density at radius 3 is 2.68 bits per heavy atom. The van der Waals surface area contributed by atoms with Gasteiger partial charge >= 0.3 is 0 Å². The number of rotatable bonds is 4. The van der Waals surface area contributed by atoms with Gasteiger partial charge in [0.05, 0.1) is 23.1 Å². The molecule has 0 radical (unpaired) electrons. The summed E-state index contributed by atoms with van der Waals surface area (Å²) in [5.41, 5.74) is 5.35. The molecule has 0 bridgehead atoms. The summed E-state index contributed by atoms with van der Waals surface area (Å²) >= 11 is 0. The number of aromatic amines is 1. The van der Waals surface area contributed by atoms with Crippen molar-refractivity contribution in [2.45, 2.75) is 20.4 Å². The second-order valence-electron chi connectivity index (χ2n) is 7.81. The van der Waals surface area contributed by atoms with Gasteiger partial charge in [-0.2, -0.15) is 0 Å². The number of carbonyl (C=O) groups excluding carboxylic acids is 1. The molecular weight excluding hydrogens is 392 g/mol. The van der Waals surface area contributed by atoms with E-state index in [-0.39, 0.29) is 5.91 Å². The largest absolute Gasteiger partial charge is 0.486 e. The molecule has 4 aromatic rings. The predicted molar refractivity (Wildman–Crippen MR) is 118 cm³/mol. The summed E-state index contributed by atoms with van der Waals surface area (Å²) in [6, 6.07) is 15.6. The number of aryl methyl sites for hydroxylation is 1. The Balaban J connectivity index is 1.42. The lowest BCUT2D eigenvalue weighted by molar-refractivity contribution is 0.0781. The third kappa shape index (κ3) is 3.42. The number of para-hydroxylation sites is 2. The second kappa shape index (κ2) is 7.50. The van der Waals surface area contributed by atoms with Gasteiger partial charge in [-0.15, -0.1) is 0 Å². The maximum absolute atomic E-state index is 13.2. The number of amides is 1. The molecule has 2 aromatic heterocycles. The standard InChI is InChI=1S/C24H24N4O3/c1-15-12-18(16(2)28(15)17-8-9-21-22(13-17)31-11-10-30-21)24(29)27(3)14-23-25-19-6-4-5-7-20(19)26-23/h4-9,12-13H,10-11,14H2,1-3H3,(H,25,26). The lowest BCUT2D eigenvalue weighted by atomic mass is 10.2. The normalized spacial score (nSPS) is 12.9. The second-order valence-corrected chi connectivity index (χ2v) is 7.81. The Kier molecular flexibility index (Phi) is 4.66. The van der Waals surface area contributed by atoms with E-state index in [2.05, 4.69) is 14.5 Å². The fraction of sp³-hybridized carbons (Fsp3) is 0.250. The fourth-order valence-corrected chi connectivity index (χ4v) is 4.13. The molecule has 0 fully saturated rings. The molecule has 7 heteroatoms. The zero-order valence-corrected chi connectivity index (χ0v) is 17.8. The average Bonchev–Trinajstić information content (AvgIpc) is 3.32. The van der Waals surface area contributed by atoms with Crippen molar-refractivity contribution in [3.8, 4) is 17.2 Å². The van der Waals surface area contributed by atoms with E-state index in [0.717, 1.165) is 45.4 Å². The molecular formula is C24H24N4O3. The van der Waals surface area contributed by atoms with Crippen LogP contribution >= 0.6 is 0 Å². The van der Waals surface area contributed by atoms with Crippen LogP contribution in [0.2, 0.25) is 0 Å². The van der Waals surface area contributed by atoms with Crippen molar-refractivity contribution < 1.29 is 14.3 Å². The molecule has 1 amide bonds. The quantitative estimate of drug-likeness (QED) is 0.546. The minimum absolute atomic E-state index is 0.0441. The number of nitrogens with zero attached hydrogens (tertiary/aromatic N) is 3. The van der Waals surface area contributed by atoms with Gasteiger partial charge in [0.15, 0.2) is 11.5 Å². The zero-order chi connectivity index (χ0) is 21.5. The molecule has 0 atom stereocenters. The highest BCUT2D eigenvalue weighted by Gasteiger charge is 2.22. The molecule has 0 saturated carbocycles. The van der Waals surface area contributed by atoms with E-state index < -0.39 is 0 Å². The molecule has 158 valence electrons. The van der Waals surface area contributed by atoms with Crippen molar-refractivity contribution in [2.75, 3.05) is 20.3 Å². The van der Waals surface area contributed by atoms with Crippen molar-refractivity contribution >= 4 is 16.9 Å². The van der Waals surface area contributed by atoms with Crippen molar-refractivity contribution in [3.63, 3.8) is 0 Å². The highest BCUT2D eigenvalue weighted by atomic mass is 16.6. The molecule has 1 aliphatic heterocycles. The van der Waals surface area contributed by atoms with E-state index in [9.17, 15) is 4.79 Å². The van der Waals surface area contributed by atoms with Gasteiger partial charge in [0.2, 0.25) is 0 Å². The number of aromatic nitrogens is 3. The van der Waals surface area contributed by atoms with Gasteiger partial charge in [-0.1, -0.05) is 12.1 Å². The minimum Gasteiger partial charge on any atom is -0.486 e. The molecule has 0 spiro atoms. The Morgan fingerprint density at radius 2 is 1.87 bits per heavy atom. The maximum atomic E-state index is 13.2. The summed E-state index contributed by atoms with van der Waals surface area (Å²) < 4.78 is 13.4. The van der Waals surface area contributed by atoms with E-state index >= 15 is 0 Å². The number of hydrogen-bond acceptors (Lipinski definition) is 4. The molecule has 1 N–H and O–H groups in total. The van der Waals surface area contributed by atoms with E-state index in [1.165, 1.54) is 0 Å². The van der Waals surface area contributed by atoms with Gasteiger partial charge in [0.1, 0.15) is 19.0 Å². The Morgan fingerprint density at radius 1 is 1.10 bits per heavy atom. The Hall–Kier alpha value is -3.74. The molecule has 1 aliphatic rings. The number of benzene rings is 2. The summed E-state index contributed by atoms with van der Waals surface area (Å²) in [6.45, 7) is 5.47. The third-order valence-electron chi connectivity index (χ3n) is 5.62. The van der Waals surface area contributed by atoms with Gasteiger partial charge in [-0.25, -0.2) is 4.98 Å². The summed E-state index contributed by atoms with van der Waals surface area (Å²) in [4.78, 5) is 22.8. The third-order valence-corrected chi connectivity index (χ3v) is 5.62. The van der Waals surface area contributed by atoms with Gasteiger partial charge < -0.3 is 23.9 Å². The van der Waals surface area contributed by atoms with Crippen molar-refractivity contribution in [1.82, 2.24) is 19.4 Å². The van der Waals surface area contributed by atoms with E-state index in [0.29, 0.717) is 25.3 Å². The minimum atomic E-state index is -0.0441. The number of hydrogen-bond donors (Lipinski definition) is 1. The molecule has 0 saturated heterocycles. The number of ether oxygens (including phenoxy) is 2. The van der Waals surface area contributed by atoms with Crippen LogP contribution in [0, 0.1) is 13.8 Å². The summed E-state index contributed by atoms with van der Waals surface area (Å²) in [5, 5.41) is 0. The van der Waals surface area contributed by atoms with Gasteiger partial charge in [0.25, 0.3) is 5.91 Å².